The summed E-state index contributed by atoms with van der Waals surface area (Å²) in [6.07, 6.45) is 14.8. The number of aryl methyl sites for hydroxylation is 1. The number of hydrogen-bond donors (Lipinski definition) is 2. The molecule has 0 bridgehead atoms. The van der Waals surface area contributed by atoms with Crippen LogP contribution < -0.4 is 0 Å². The topological polar surface area (TPSA) is 79.9 Å². The minimum atomic E-state index is -0.645. The Kier molecular flexibility index (Phi) is 8.97. The number of esters is 1. The molecule has 2 atom stereocenters. The average molecular weight is 417 g/mol. The summed E-state index contributed by atoms with van der Waals surface area (Å²) in [4.78, 5) is 11.5. The molecule has 5 nitrogen and oxygen atoms in total. The van der Waals surface area contributed by atoms with Crippen LogP contribution in [0.4, 0.5) is 0 Å². The van der Waals surface area contributed by atoms with Gasteiger partial charge >= 0.3 is 5.97 Å². The van der Waals surface area contributed by atoms with Crippen LogP contribution in [0.15, 0.2) is 57.8 Å². The van der Waals surface area contributed by atoms with Gasteiger partial charge in [0, 0.05) is 0 Å². The normalized spacial score (nSPS) is 19.3. The molecule has 1 aliphatic rings. The van der Waals surface area contributed by atoms with Crippen molar-refractivity contribution in [1.82, 2.24) is 0 Å². The number of aliphatic hydroxyl groups excluding tert-OH is 1. The molecule has 0 saturated heterocycles. The van der Waals surface area contributed by atoms with Gasteiger partial charge in [-0.1, -0.05) is 18.6 Å². The minimum Gasteiger partial charge on any atom is -0.504 e. The third-order valence-electron chi connectivity index (χ3n) is 5.70. The number of rotatable bonds is 12. The highest BCUT2D eigenvalue weighted by molar-refractivity contribution is 5.93. The molecule has 2 heterocycles. The minimum absolute atomic E-state index is 0.0419. The van der Waals surface area contributed by atoms with Gasteiger partial charge in [0.15, 0.2) is 11.5 Å². The van der Waals surface area contributed by atoms with E-state index >= 15 is 0 Å². The van der Waals surface area contributed by atoms with E-state index in [1.807, 2.05) is 19.1 Å². The summed E-state index contributed by atoms with van der Waals surface area (Å²) in [5.41, 5.74) is 2.13. The lowest BCUT2D eigenvalue weighted by Crippen LogP contribution is -2.23. The number of ether oxygens (including phenoxy) is 1. The maximum Gasteiger partial charge on any atom is 0.343 e. The molecular formula is C25H36O5. The first kappa shape index (κ1) is 24.0. The van der Waals surface area contributed by atoms with Gasteiger partial charge in [-0.2, -0.15) is 0 Å². The van der Waals surface area contributed by atoms with Gasteiger partial charge in [-0.15, -0.1) is 0 Å². The van der Waals surface area contributed by atoms with Crippen molar-refractivity contribution in [3.8, 4) is 0 Å². The fourth-order valence-corrected chi connectivity index (χ4v) is 3.63. The third kappa shape index (κ3) is 7.86. The lowest BCUT2D eigenvalue weighted by Gasteiger charge is -2.22. The molecule has 0 fully saturated rings. The molecule has 0 radical (unpaired) electrons. The van der Waals surface area contributed by atoms with Gasteiger partial charge in [0.25, 0.3) is 0 Å². The molecule has 0 spiro atoms. The second-order valence-corrected chi connectivity index (χ2v) is 8.83. The van der Waals surface area contributed by atoms with Crippen molar-refractivity contribution in [2.24, 2.45) is 5.92 Å². The first-order valence-corrected chi connectivity index (χ1v) is 10.9. The molecule has 0 aromatic carbocycles. The largest absolute Gasteiger partial charge is 0.504 e. The highest BCUT2D eigenvalue weighted by atomic mass is 16.6. The molecule has 1 aliphatic heterocycles. The predicted molar refractivity (Wildman–Crippen MR) is 118 cm³/mol. The quantitative estimate of drug-likeness (QED) is 0.315. The summed E-state index contributed by atoms with van der Waals surface area (Å²) in [5.74, 6) is -0.0151. The summed E-state index contributed by atoms with van der Waals surface area (Å²) in [6, 6.07) is 1.97. The zero-order valence-corrected chi connectivity index (χ0v) is 18.7. The van der Waals surface area contributed by atoms with E-state index in [1.54, 1.807) is 19.5 Å². The van der Waals surface area contributed by atoms with E-state index < -0.39 is 11.6 Å². The number of allylic oxidation sites excluding steroid dienone is 3. The Labute approximate surface area is 180 Å². The summed E-state index contributed by atoms with van der Waals surface area (Å²) in [7, 11) is 0. The Balaban J connectivity index is 1.64. The van der Waals surface area contributed by atoms with E-state index in [2.05, 4.69) is 19.9 Å². The summed E-state index contributed by atoms with van der Waals surface area (Å²) >= 11 is 0. The van der Waals surface area contributed by atoms with E-state index in [-0.39, 0.29) is 23.0 Å². The summed E-state index contributed by atoms with van der Waals surface area (Å²) in [6.45, 7) is 7.67. The van der Waals surface area contributed by atoms with Crippen LogP contribution in [0.25, 0.3) is 0 Å². The third-order valence-corrected chi connectivity index (χ3v) is 5.70. The predicted octanol–water partition coefficient (Wildman–Crippen LogP) is 6.16. The number of hydrogen-bond acceptors (Lipinski definition) is 5. The van der Waals surface area contributed by atoms with Crippen LogP contribution in [0.2, 0.25) is 0 Å². The van der Waals surface area contributed by atoms with Crippen molar-refractivity contribution in [2.75, 3.05) is 0 Å². The van der Waals surface area contributed by atoms with Crippen LogP contribution in [0.1, 0.15) is 78.2 Å². The lowest BCUT2D eigenvalue weighted by molar-refractivity contribution is -0.133. The van der Waals surface area contributed by atoms with Gasteiger partial charge in [-0.25, -0.2) is 4.79 Å². The summed E-state index contributed by atoms with van der Waals surface area (Å²) < 4.78 is 10.2. The van der Waals surface area contributed by atoms with Crippen LogP contribution in [-0.2, 0) is 16.0 Å². The van der Waals surface area contributed by atoms with Crippen molar-refractivity contribution in [2.45, 2.75) is 84.7 Å². The van der Waals surface area contributed by atoms with Gasteiger partial charge in [0.05, 0.1) is 23.7 Å². The number of carbonyl (C=O) groups is 1. The molecule has 0 saturated carbocycles. The Morgan fingerprint density at radius 1 is 1.30 bits per heavy atom. The number of furan rings is 1. The fourth-order valence-electron chi connectivity index (χ4n) is 3.63. The standard InChI is InChI=1S/C25H36O5/c1-18(8-5-9-19(2)16-22-23(26)20(3)24(27)30-22)10-6-13-25(4,28)14-7-11-21-12-15-29-17-21/h10,12,15-17,19,26,28H,5-9,11,13-14H2,1-4H3/b18-10+,22-16-. The lowest BCUT2D eigenvalue weighted by atomic mass is 9.92. The fraction of sp³-hybridized carbons (Fsp3) is 0.560. The molecule has 1 aromatic heterocycles. The maximum atomic E-state index is 11.5. The van der Waals surface area contributed by atoms with Crippen LogP contribution in [0.3, 0.4) is 0 Å². The average Bonchev–Trinajstić information content (AvgIpc) is 3.26. The highest BCUT2D eigenvalue weighted by Crippen LogP contribution is 2.26. The molecule has 1 aromatic rings. The molecule has 166 valence electrons. The summed E-state index contributed by atoms with van der Waals surface area (Å²) in [5, 5.41) is 20.5. The first-order chi connectivity index (χ1) is 14.2. The monoisotopic (exact) mass is 416 g/mol. The molecule has 2 rings (SSSR count). The van der Waals surface area contributed by atoms with Crippen LogP contribution in [0, 0.1) is 5.92 Å². The molecule has 2 N–H and O–H groups in total. The smallest absolute Gasteiger partial charge is 0.343 e. The van der Waals surface area contributed by atoms with E-state index in [0.717, 1.165) is 51.4 Å². The van der Waals surface area contributed by atoms with E-state index in [0.29, 0.717) is 0 Å². The first-order valence-electron chi connectivity index (χ1n) is 10.9. The second kappa shape index (κ2) is 11.2. The molecule has 0 aliphatic carbocycles. The van der Waals surface area contributed by atoms with Gasteiger partial charge in [0.1, 0.15) is 0 Å². The zero-order chi connectivity index (χ0) is 22.1. The van der Waals surface area contributed by atoms with Gasteiger partial charge in [0.2, 0.25) is 0 Å². The Bertz CT molecular complexity index is 780. The zero-order valence-electron chi connectivity index (χ0n) is 18.7. The van der Waals surface area contributed by atoms with Crippen molar-refractivity contribution in [3.05, 3.63) is 59.0 Å². The van der Waals surface area contributed by atoms with Crippen LogP contribution >= 0.6 is 0 Å². The van der Waals surface area contributed by atoms with E-state index in [4.69, 9.17) is 9.15 Å². The Hall–Kier alpha value is -2.27. The number of aliphatic hydroxyl groups is 2. The van der Waals surface area contributed by atoms with Crippen molar-refractivity contribution in [3.63, 3.8) is 0 Å². The number of cyclic esters (lactones) is 1. The van der Waals surface area contributed by atoms with E-state index in [9.17, 15) is 15.0 Å². The van der Waals surface area contributed by atoms with Crippen molar-refractivity contribution < 1.29 is 24.2 Å². The Morgan fingerprint density at radius 2 is 2.07 bits per heavy atom. The molecule has 0 amide bonds. The molecular weight excluding hydrogens is 380 g/mol. The van der Waals surface area contributed by atoms with Crippen molar-refractivity contribution in [1.29, 1.82) is 0 Å². The van der Waals surface area contributed by atoms with Crippen molar-refractivity contribution >= 4 is 5.97 Å². The van der Waals surface area contributed by atoms with Gasteiger partial charge < -0.3 is 19.4 Å². The van der Waals surface area contributed by atoms with Gasteiger partial charge in [-0.05, 0) is 95.8 Å². The highest BCUT2D eigenvalue weighted by Gasteiger charge is 2.26. The molecule has 30 heavy (non-hydrogen) atoms. The van der Waals surface area contributed by atoms with Crippen LogP contribution in [0.5, 0.6) is 0 Å². The molecule has 5 heteroatoms. The molecule has 2 unspecified atom stereocenters. The number of carbonyl (C=O) groups excluding carboxylic acids is 1. The SMILES string of the molecule is CC1=C(O)/C(=C/C(C)CCC/C(C)=C/CCC(C)(O)CCCc2ccoc2)OC1=O. The maximum absolute atomic E-state index is 11.5. The van der Waals surface area contributed by atoms with Crippen LogP contribution in [-0.4, -0.2) is 21.8 Å². The van der Waals surface area contributed by atoms with E-state index in [1.165, 1.54) is 11.1 Å². The Morgan fingerprint density at radius 3 is 2.70 bits per heavy atom. The second-order valence-electron chi connectivity index (χ2n) is 8.83. The van der Waals surface area contributed by atoms with Gasteiger partial charge in [-0.3, -0.25) is 0 Å².